The van der Waals surface area contributed by atoms with Gasteiger partial charge in [-0.15, -0.1) is 0 Å². The Morgan fingerprint density at radius 2 is 1.52 bits per heavy atom. The van der Waals surface area contributed by atoms with Gasteiger partial charge in [-0.1, -0.05) is 6.07 Å². The molecule has 0 saturated carbocycles. The number of nitrogens with one attached hydrogen (secondary N) is 1. The van der Waals surface area contributed by atoms with Gasteiger partial charge in [0, 0.05) is 23.2 Å². The zero-order valence-electron chi connectivity index (χ0n) is 19.0. The molecule has 0 bridgehead atoms. The lowest BCUT2D eigenvalue weighted by Crippen LogP contribution is -2.10. The van der Waals surface area contributed by atoms with E-state index < -0.39 is 0 Å². The number of carbonyl (C=O) groups excluding carboxylic acids is 1. The summed E-state index contributed by atoms with van der Waals surface area (Å²) in [6.45, 7) is 12.8. The van der Waals surface area contributed by atoms with Crippen molar-refractivity contribution in [2.45, 2.75) is 48.0 Å². The fraction of sp³-hybridized carbons (Fsp3) is 0.259. The number of rotatable bonds is 4. The largest absolute Gasteiger partial charge is 0.456 e. The molecule has 2 aromatic carbocycles. The van der Waals surface area contributed by atoms with Crippen molar-refractivity contribution in [3.63, 3.8) is 0 Å². The van der Waals surface area contributed by atoms with Crippen LogP contribution in [0.2, 0.25) is 0 Å². The van der Waals surface area contributed by atoms with E-state index in [0.717, 1.165) is 28.0 Å². The van der Waals surface area contributed by atoms with Crippen molar-refractivity contribution in [2.75, 3.05) is 5.32 Å². The van der Waals surface area contributed by atoms with E-state index in [2.05, 4.69) is 44.9 Å². The number of furan rings is 1. The minimum Gasteiger partial charge on any atom is -0.456 e. The van der Waals surface area contributed by atoms with Gasteiger partial charge in [-0.05, 0) is 111 Å². The van der Waals surface area contributed by atoms with E-state index in [9.17, 15) is 4.79 Å². The first-order valence-electron chi connectivity index (χ1n) is 10.6. The third kappa shape index (κ3) is 3.98. The normalized spacial score (nSPS) is 11.2. The number of anilines is 1. The van der Waals surface area contributed by atoms with Crippen LogP contribution in [0.1, 0.15) is 55.4 Å². The Bertz CT molecular complexity index is 1290. The van der Waals surface area contributed by atoms with E-state index in [1.165, 1.54) is 33.4 Å². The molecule has 4 heteroatoms. The second-order valence-electron chi connectivity index (χ2n) is 8.36. The van der Waals surface area contributed by atoms with Crippen LogP contribution in [0.4, 0.5) is 5.69 Å². The Morgan fingerprint density at radius 1 is 0.839 bits per heavy atom. The van der Waals surface area contributed by atoms with Crippen LogP contribution in [-0.2, 0) is 6.42 Å². The first kappa shape index (κ1) is 20.9. The summed E-state index contributed by atoms with van der Waals surface area (Å²) in [7, 11) is 0. The summed E-state index contributed by atoms with van der Waals surface area (Å²) in [4.78, 5) is 17.2. The molecule has 0 saturated heterocycles. The van der Waals surface area contributed by atoms with Gasteiger partial charge in [0.2, 0.25) is 0 Å². The van der Waals surface area contributed by atoms with Crippen LogP contribution >= 0.6 is 0 Å². The summed E-state index contributed by atoms with van der Waals surface area (Å²) in [5.41, 5.74) is 10.5. The SMILES string of the molecule is Cc1ccc2cc(NC(=O)c3ccc(Cc4c(C)c(C)c(C)c(C)c4C)o3)ccc2n1. The maximum Gasteiger partial charge on any atom is 0.291 e. The lowest BCUT2D eigenvalue weighted by Gasteiger charge is -2.18. The molecular weight excluding hydrogens is 384 g/mol. The fourth-order valence-electron chi connectivity index (χ4n) is 4.11. The predicted octanol–water partition coefficient (Wildman–Crippen LogP) is 6.52. The summed E-state index contributed by atoms with van der Waals surface area (Å²) in [5.74, 6) is 0.848. The van der Waals surface area contributed by atoms with Crippen LogP contribution in [-0.4, -0.2) is 10.9 Å². The molecule has 4 rings (SSSR count). The van der Waals surface area contributed by atoms with Gasteiger partial charge >= 0.3 is 0 Å². The maximum absolute atomic E-state index is 12.7. The van der Waals surface area contributed by atoms with Gasteiger partial charge in [0.25, 0.3) is 5.91 Å². The molecular formula is C27H28N2O2. The topological polar surface area (TPSA) is 55.1 Å². The van der Waals surface area contributed by atoms with E-state index in [1.54, 1.807) is 6.07 Å². The van der Waals surface area contributed by atoms with Crippen LogP contribution in [0.15, 0.2) is 46.9 Å². The molecule has 4 aromatic rings. The van der Waals surface area contributed by atoms with Crippen LogP contribution < -0.4 is 5.32 Å². The summed E-state index contributed by atoms with van der Waals surface area (Å²) < 4.78 is 5.92. The van der Waals surface area contributed by atoms with E-state index in [0.29, 0.717) is 12.2 Å². The van der Waals surface area contributed by atoms with Crippen molar-refractivity contribution < 1.29 is 9.21 Å². The molecule has 0 atom stereocenters. The number of aryl methyl sites for hydroxylation is 1. The fourth-order valence-corrected chi connectivity index (χ4v) is 4.11. The summed E-state index contributed by atoms with van der Waals surface area (Å²) in [5, 5.41) is 3.92. The second-order valence-corrected chi connectivity index (χ2v) is 8.36. The molecule has 0 fully saturated rings. The molecule has 1 amide bonds. The molecule has 2 heterocycles. The number of hydrogen-bond donors (Lipinski definition) is 1. The highest BCUT2D eigenvalue weighted by atomic mass is 16.3. The Hall–Kier alpha value is -3.40. The average Bonchev–Trinajstić information content (AvgIpc) is 3.23. The lowest BCUT2D eigenvalue weighted by molar-refractivity contribution is 0.0995. The van der Waals surface area contributed by atoms with E-state index >= 15 is 0 Å². The van der Waals surface area contributed by atoms with Gasteiger partial charge in [-0.3, -0.25) is 9.78 Å². The molecule has 158 valence electrons. The molecule has 0 spiro atoms. The number of fused-ring (bicyclic) bond motifs is 1. The molecule has 1 N–H and O–H groups in total. The third-order valence-electron chi connectivity index (χ3n) is 6.48. The van der Waals surface area contributed by atoms with Crippen molar-refractivity contribution >= 4 is 22.5 Å². The van der Waals surface area contributed by atoms with Crippen LogP contribution in [0.5, 0.6) is 0 Å². The van der Waals surface area contributed by atoms with Gasteiger partial charge in [0.15, 0.2) is 5.76 Å². The first-order chi connectivity index (χ1) is 14.7. The first-order valence-corrected chi connectivity index (χ1v) is 10.6. The summed E-state index contributed by atoms with van der Waals surface area (Å²) in [6.07, 6.45) is 0.675. The predicted molar refractivity (Wildman–Crippen MR) is 126 cm³/mol. The second kappa shape index (κ2) is 8.03. The highest BCUT2D eigenvalue weighted by molar-refractivity contribution is 6.03. The highest BCUT2D eigenvalue weighted by Crippen LogP contribution is 2.28. The van der Waals surface area contributed by atoms with Gasteiger partial charge < -0.3 is 9.73 Å². The van der Waals surface area contributed by atoms with Gasteiger partial charge in [-0.25, -0.2) is 0 Å². The van der Waals surface area contributed by atoms with Crippen LogP contribution in [0.3, 0.4) is 0 Å². The maximum atomic E-state index is 12.7. The van der Waals surface area contributed by atoms with Crippen LogP contribution in [0, 0.1) is 41.5 Å². The number of benzene rings is 2. The van der Waals surface area contributed by atoms with E-state index in [4.69, 9.17) is 4.42 Å². The number of carbonyl (C=O) groups is 1. The van der Waals surface area contributed by atoms with Crippen molar-refractivity contribution in [1.82, 2.24) is 4.98 Å². The minimum atomic E-state index is -0.254. The highest BCUT2D eigenvalue weighted by Gasteiger charge is 2.16. The lowest BCUT2D eigenvalue weighted by atomic mass is 9.88. The number of nitrogens with zero attached hydrogens (tertiary/aromatic N) is 1. The molecule has 0 aliphatic carbocycles. The van der Waals surface area contributed by atoms with Crippen molar-refractivity contribution in [1.29, 1.82) is 0 Å². The van der Waals surface area contributed by atoms with Crippen molar-refractivity contribution in [2.24, 2.45) is 0 Å². The molecule has 0 unspecified atom stereocenters. The number of pyridine rings is 1. The molecule has 31 heavy (non-hydrogen) atoms. The Balaban J connectivity index is 1.54. The van der Waals surface area contributed by atoms with E-state index in [1.807, 2.05) is 43.3 Å². The Kier molecular flexibility index (Phi) is 5.40. The zero-order chi connectivity index (χ0) is 22.3. The minimum absolute atomic E-state index is 0.254. The number of amides is 1. The van der Waals surface area contributed by atoms with Gasteiger partial charge in [0.1, 0.15) is 5.76 Å². The zero-order valence-corrected chi connectivity index (χ0v) is 19.0. The van der Waals surface area contributed by atoms with Gasteiger partial charge in [0.05, 0.1) is 5.52 Å². The molecule has 4 nitrogen and oxygen atoms in total. The Labute approximate surface area is 183 Å². The molecule has 0 radical (unpaired) electrons. The number of hydrogen-bond acceptors (Lipinski definition) is 3. The molecule has 0 aliphatic rings. The smallest absolute Gasteiger partial charge is 0.291 e. The number of aromatic nitrogens is 1. The van der Waals surface area contributed by atoms with Gasteiger partial charge in [-0.2, -0.15) is 0 Å². The third-order valence-corrected chi connectivity index (χ3v) is 6.48. The quantitative estimate of drug-likeness (QED) is 0.415. The molecule has 2 aromatic heterocycles. The Morgan fingerprint density at radius 3 is 2.23 bits per heavy atom. The van der Waals surface area contributed by atoms with Crippen molar-refractivity contribution in [3.05, 3.63) is 93.1 Å². The average molecular weight is 413 g/mol. The monoisotopic (exact) mass is 412 g/mol. The summed E-state index contributed by atoms with van der Waals surface area (Å²) >= 11 is 0. The van der Waals surface area contributed by atoms with E-state index in [-0.39, 0.29) is 5.91 Å². The summed E-state index contributed by atoms with van der Waals surface area (Å²) in [6, 6.07) is 13.3. The van der Waals surface area contributed by atoms with Crippen LogP contribution in [0.25, 0.3) is 10.9 Å². The van der Waals surface area contributed by atoms with Crippen molar-refractivity contribution in [3.8, 4) is 0 Å². The molecule has 0 aliphatic heterocycles. The standard InChI is InChI=1S/C27H28N2O2/c1-15-7-8-21-13-22(9-11-25(21)28-15)29-27(30)26-12-10-23(31-26)14-24-19(5)17(3)16(2)18(4)20(24)6/h7-13H,14H2,1-6H3,(H,29,30).